The van der Waals surface area contributed by atoms with E-state index in [4.69, 9.17) is 9.47 Å². The number of benzene rings is 1. The molecule has 0 saturated carbocycles. The summed E-state index contributed by atoms with van der Waals surface area (Å²) in [7, 11) is 3.47. The topological polar surface area (TPSA) is 54.9 Å². The molecule has 1 heterocycles. The van der Waals surface area contributed by atoms with Gasteiger partial charge < -0.3 is 20.1 Å². The quantitative estimate of drug-likeness (QED) is 0.631. The molecule has 1 fully saturated rings. The minimum atomic E-state index is 0.583. The third-order valence-electron chi connectivity index (χ3n) is 3.44. The Bertz CT molecular complexity index is 442. The van der Waals surface area contributed by atoms with Crippen LogP contribution in [-0.4, -0.2) is 39.9 Å². The number of nitrogens with one attached hydrogen (secondary N) is 2. The lowest BCUT2D eigenvalue weighted by molar-refractivity contribution is 0.186. The number of nitrogens with zero attached hydrogens (tertiary/aromatic N) is 1. The molecule has 1 aromatic carbocycles. The van der Waals surface area contributed by atoms with Gasteiger partial charge in [-0.2, -0.15) is 0 Å². The first kappa shape index (κ1) is 14.7. The van der Waals surface area contributed by atoms with Gasteiger partial charge in [-0.15, -0.1) is 0 Å². The smallest absolute Gasteiger partial charge is 0.191 e. The molecule has 0 spiro atoms. The van der Waals surface area contributed by atoms with Crippen LogP contribution in [0.4, 0.5) is 0 Å². The van der Waals surface area contributed by atoms with E-state index in [9.17, 15) is 0 Å². The Morgan fingerprint density at radius 2 is 2.25 bits per heavy atom. The van der Waals surface area contributed by atoms with Crippen LogP contribution in [0.3, 0.4) is 0 Å². The first-order valence-electron chi connectivity index (χ1n) is 6.97. The average Bonchev–Trinajstić information content (AvgIpc) is 3.01. The second-order valence-electron chi connectivity index (χ2n) is 4.85. The molecule has 2 rings (SSSR count). The van der Waals surface area contributed by atoms with Crippen molar-refractivity contribution < 1.29 is 9.47 Å². The summed E-state index contributed by atoms with van der Waals surface area (Å²) >= 11 is 0. The molecular weight excluding hydrogens is 254 g/mol. The van der Waals surface area contributed by atoms with Gasteiger partial charge >= 0.3 is 0 Å². The predicted octanol–water partition coefficient (Wildman–Crippen LogP) is 1.40. The van der Waals surface area contributed by atoms with Crippen molar-refractivity contribution >= 4 is 5.96 Å². The fourth-order valence-corrected chi connectivity index (χ4v) is 2.23. The lowest BCUT2D eigenvalue weighted by Gasteiger charge is -2.15. The van der Waals surface area contributed by atoms with Crippen molar-refractivity contribution in [1.29, 1.82) is 0 Å². The molecule has 1 saturated heterocycles. The largest absolute Gasteiger partial charge is 0.496 e. The zero-order valence-electron chi connectivity index (χ0n) is 12.2. The molecule has 0 aromatic heterocycles. The maximum atomic E-state index is 5.37. The van der Waals surface area contributed by atoms with Crippen molar-refractivity contribution in [2.75, 3.05) is 33.9 Å². The Hall–Kier alpha value is -1.75. The molecule has 1 unspecified atom stereocenters. The van der Waals surface area contributed by atoms with Gasteiger partial charge in [-0.1, -0.05) is 18.2 Å². The second-order valence-corrected chi connectivity index (χ2v) is 4.85. The Kier molecular flexibility index (Phi) is 5.68. The van der Waals surface area contributed by atoms with E-state index >= 15 is 0 Å². The molecule has 1 aromatic rings. The monoisotopic (exact) mass is 277 g/mol. The fraction of sp³-hybridized carbons (Fsp3) is 0.533. The zero-order valence-corrected chi connectivity index (χ0v) is 12.2. The predicted molar refractivity (Wildman–Crippen MR) is 80.1 cm³/mol. The van der Waals surface area contributed by atoms with Crippen LogP contribution < -0.4 is 15.4 Å². The summed E-state index contributed by atoms with van der Waals surface area (Å²) in [6, 6.07) is 7.98. The number of hydrogen-bond acceptors (Lipinski definition) is 3. The van der Waals surface area contributed by atoms with Gasteiger partial charge in [-0.25, -0.2) is 0 Å². The number of ether oxygens (including phenoxy) is 2. The van der Waals surface area contributed by atoms with E-state index in [2.05, 4.69) is 15.6 Å². The van der Waals surface area contributed by atoms with Crippen LogP contribution in [0.2, 0.25) is 0 Å². The summed E-state index contributed by atoms with van der Waals surface area (Å²) in [6.07, 6.45) is 1.12. The number of methoxy groups -OCH3 is 1. The minimum Gasteiger partial charge on any atom is -0.496 e. The van der Waals surface area contributed by atoms with Crippen LogP contribution in [-0.2, 0) is 11.3 Å². The maximum absolute atomic E-state index is 5.37. The van der Waals surface area contributed by atoms with E-state index in [0.29, 0.717) is 12.5 Å². The number of hydrogen-bond donors (Lipinski definition) is 2. The highest BCUT2D eigenvalue weighted by atomic mass is 16.5. The summed E-state index contributed by atoms with van der Waals surface area (Å²) in [5.41, 5.74) is 1.11. The van der Waals surface area contributed by atoms with E-state index in [1.54, 1.807) is 14.2 Å². The van der Waals surface area contributed by atoms with E-state index in [-0.39, 0.29) is 0 Å². The fourth-order valence-electron chi connectivity index (χ4n) is 2.23. The Balaban J connectivity index is 1.81. The number of aliphatic imine (C=N–C) groups is 1. The van der Waals surface area contributed by atoms with Gasteiger partial charge in [0.15, 0.2) is 5.96 Å². The lowest BCUT2D eigenvalue weighted by atomic mass is 10.1. The van der Waals surface area contributed by atoms with Crippen LogP contribution >= 0.6 is 0 Å². The SMILES string of the molecule is CN=C(NCc1ccccc1OC)NCC1CCOC1. The Morgan fingerprint density at radius 3 is 2.95 bits per heavy atom. The summed E-state index contributed by atoms with van der Waals surface area (Å²) in [4.78, 5) is 4.23. The van der Waals surface area contributed by atoms with Gasteiger partial charge in [-0.05, 0) is 12.5 Å². The maximum Gasteiger partial charge on any atom is 0.191 e. The van der Waals surface area contributed by atoms with Crippen LogP contribution in [0.5, 0.6) is 5.75 Å². The summed E-state index contributed by atoms with van der Waals surface area (Å²) in [5, 5.41) is 6.64. The molecule has 1 aliphatic heterocycles. The van der Waals surface area contributed by atoms with Crippen molar-refractivity contribution in [2.45, 2.75) is 13.0 Å². The molecule has 1 atom stereocenters. The summed E-state index contributed by atoms with van der Waals surface area (Å²) < 4.78 is 10.7. The zero-order chi connectivity index (χ0) is 14.2. The molecule has 0 radical (unpaired) electrons. The molecule has 2 N–H and O–H groups in total. The highest BCUT2D eigenvalue weighted by Crippen LogP contribution is 2.16. The average molecular weight is 277 g/mol. The van der Waals surface area contributed by atoms with Gasteiger partial charge in [0.25, 0.3) is 0 Å². The number of rotatable bonds is 5. The molecule has 0 aliphatic carbocycles. The van der Waals surface area contributed by atoms with Crippen molar-refractivity contribution in [3.05, 3.63) is 29.8 Å². The number of guanidine groups is 1. The van der Waals surface area contributed by atoms with Crippen LogP contribution in [0.25, 0.3) is 0 Å². The molecule has 110 valence electrons. The third kappa shape index (κ3) is 4.13. The summed E-state index contributed by atoms with van der Waals surface area (Å²) in [5.74, 6) is 2.28. The van der Waals surface area contributed by atoms with Crippen molar-refractivity contribution in [2.24, 2.45) is 10.9 Å². The Labute approximate surface area is 120 Å². The minimum absolute atomic E-state index is 0.583. The molecule has 20 heavy (non-hydrogen) atoms. The van der Waals surface area contributed by atoms with Crippen molar-refractivity contribution in [1.82, 2.24) is 10.6 Å². The van der Waals surface area contributed by atoms with E-state index < -0.39 is 0 Å². The standard InChI is InChI=1S/C15H23N3O2/c1-16-15(17-9-12-7-8-20-11-12)18-10-13-5-3-4-6-14(13)19-2/h3-6,12H,7-11H2,1-2H3,(H2,16,17,18). The molecule has 0 amide bonds. The number of para-hydroxylation sites is 1. The molecule has 5 nitrogen and oxygen atoms in total. The van der Waals surface area contributed by atoms with Crippen molar-refractivity contribution in [3.8, 4) is 5.75 Å². The highest BCUT2D eigenvalue weighted by molar-refractivity contribution is 5.79. The first-order valence-corrected chi connectivity index (χ1v) is 6.97. The lowest BCUT2D eigenvalue weighted by Crippen LogP contribution is -2.39. The summed E-state index contributed by atoms with van der Waals surface area (Å²) in [6.45, 7) is 3.30. The van der Waals surface area contributed by atoms with Gasteiger partial charge in [0.1, 0.15) is 5.75 Å². The molecule has 0 bridgehead atoms. The first-order chi connectivity index (χ1) is 9.83. The third-order valence-corrected chi connectivity index (χ3v) is 3.44. The van der Waals surface area contributed by atoms with Crippen LogP contribution in [0.15, 0.2) is 29.3 Å². The van der Waals surface area contributed by atoms with Gasteiger partial charge in [0, 0.05) is 38.2 Å². The van der Waals surface area contributed by atoms with E-state index in [1.807, 2.05) is 24.3 Å². The van der Waals surface area contributed by atoms with Gasteiger partial charge in [0.05, 0.1) is 13.7 Å². The van der Waals surface area contributed by atoms with Crippen LogP contribution in [0.1, 0.15) is 12.0 Å². The Morgan fingerprint density at radius 1 is 1.40 bits per heavy atom. The molecular formula is C15H23N3O2. The van der Waals surface area contributed by atoms with Gasteiger partial charge in [0.2, 0.25) is 0 Å². The van der Waals surface area contributed by atoms with E-state index in [0.717, 1.165) is 43.5 Å². The second kappa shape index (κ2) is 7.75. The normalized spacial score (nSPS) is 18.9. The van der Waals surface area contributed by atoms with E-state index in [1.165, 1.54) is 0 Å². The highest BCUT2D eigenvalue weighted by Gasteiger charge is 2.15. The van der Waals surface area contributed by atoms with Crippen LogP contribution in [0, 0.1) is 5.92 Å². The molecule has 5 heteroatoms. The molecule has 1 aliphatic rings. The van der Waals surface area contributed by atoms with Crippen molar-refractivity contribution in [3.63, 3.8) is 0 Å². The van der Waals surface area contributed by atoms with Gasteiger partial charge in [-0.3, -0.25) is 4.99 Å².